The van der Waals surface area contributed by atoms with Gasteiger partial charge < -0.3 is 9.47 Å². The predicted molar refractivity (Wildman–Crippen MR) is 182 cm³/mol. The fourth-order valence-electron chi connectivity index (χ4n) is 5.32. The van der Waals surface area contributed by atoms with Crippen molar-refractivity contribution in [2.75, 3.05) is 6.61 Å². The molecule has 1 aliphatic heterocycles. The number of aromatic nitrogens is 1. The molecule has 240 valence electrons. The minimum Gasteiger partial charge on any atom is -0.487 e. The van der Waals surface area contributed by atoms with Crippen molar-refractivity contribution in [1.82, 2.24) is 4.57 Å². The van der Waals surface area contributed by atoms with E-state index in [2.05, 4.69) is 36.9 Å². The monoisotopic (exact) mass is 804 g/mol. The van der Waals surface area contributed by atoms with E-state index in [0.717, 1.165) is 32.2 Å². The number of allylic oxidation sites excluding steroid dienone is 1. The molecule has 0 amide bonds. The van der Waals surface area contributed by atoms with Crippen molar-refractivity contribution in [2.24, 2.45) is 4.99 Å². The third kappa shape index (κ3) is 6.69. The molecular formula is C34H22Br2ClF3N2O4S. The third-order valence-electron chi connectivity index (χ3n) is 7.35. The van der Waals surface area contributed by atoms with Crippen LogP contribution in [-0.2, 0) is 16.1 Å². The standard InChI is InChI=1S/C34H22Br2ClF3N2O4S/c1-2-45-32(44)27-28(20-10-12-22(37)13-11-20)42-31(43)26(47-33(42)41-30(27)34(38,39)40)16-18-14-24(35)29(25(36)15-18)46-17-21-8-5-7-19-6-3-4-9-23(19)21/h3-16,28H,2,17H2,1H3/b26-16-/t28-/m1/s1. The Morgan fingerprint density at radius 3 is 2.40 bits per heavy atom. The second-order valence-corrected chi connectivity index (χ2v) is 13.5. The zero-order chi connectivity index (χ0) is 33.5. The Morgan fingerprint density at radius 1 is 1.04 bits per heavy atom. The molecule has 13 heteroatoms. The molecule has 1 aromatic heterocycles. The molecule has 1 atom stereocenters. The van der Waals surface area contributed by atoms with E-state index in [9.17, 15) is 22.8 Å². The molecule has 5 aromatic rings. The van der Waals surface area contributed by atoms with Gasteiger partial charge in [-0.2, -0.15) is 13.2 Å². The largest absolute Gasteiger partial charge is 0.487 e. The lowest BCUT2D eigenvalue weighted by molar-refractivity contribution is -0.140. The van der Waals surface area contributed by atoms with Gasteiger partial charge in [-0.3, -0.25) is 9.36 Å². The zero-order valence-corrected chi connectivity index (χ0v) is 29.0. The molecule has 1 aliphatic rings. The van der Waals surface area contributed by atoms with Crippen LogP contribution >= 0.6 is 54.8 Å². The smallest absolute Gasteiger partial charge is 0.434 e. The van der Waals surface area contributed by atoms with Crippen molar-refractivity contribution in [3.63, 3.8) is 0 Å². The number of fused-ring (bicyclic) bond motifs is 2. The summed E-state index contributed by atoms with van der Waals surface area (Å²) in [4.78, 5) is 30.5. The van der Waals surface area contributed by atoms with Crippen molar-refractivity contribution in [3.05, 3.63) is 140 Å². The van der Waals surface area contributed by atoms with Gasteiger partial charge in [-0.15, -0.1) is 0 Å². The van der Waals surface area contributed by atoms with Crippen molar-refractivity contribution < 1.29 is 27.4 Å². The number of carbonyl (C=O) groups is 1. The quantitative estimate of drug-likeness (QED) is 0.156. The average molecular weight is 807 g/mol. The minimum atomic E-state index is -5.00. The van der Waals surface area contributed by atoms with Crippen LogP contribution in [0.3, 0.4) is 0 Å². The zero-order valence-electron chi connectivity index (χ0n) is 24.3. The van der Waals surface area contributed by atoms with Gasteiger partial charge in [-0.25, -0.2) is 9.79 Å². The highest BCUT2D eigenvalue weighted by Crippen LogP contribution is 2.39. The first-order valence-electron chi connectivity index (χ1n) is 14.1. The summed E-state index contributed by atoms with van der Waals surface area (Å²) in [7, 11) is 0. The highest BCUT2D eigenvalue weighted by Gasteiger charge is 2.45. The summed E-state index contributed by atoms with van der Waals surface area (Å²) in [5, 5.41) is 2.50. The highest BCUT2D eigenvalue weighted by atomic mass is 79.9. The van der Waals surface area contributed by atoms with Gasteiger partial charge >= 0.3 is 12.1 Å². The van der Waals surface area contributed by atoms with Crippen molar-refractivity contribution >= 4 is 77.6 Å². The van der Waals surface area contributed by atoms with Crippen LogP contribution in [0.1, 0.15) is 29.7 Å². The first kappa shape index (κ1) is 33.2. The fourth-order valence-corrected chi connectivity index (χ4v) is 7.90. The third-order valence-corrected chi connectivity index (χ3v) is 9.76. The van der Waals surface area contributed by atoms with Crippen LogP contribution in [0.4, 0.5) is 13.2 Å². The van der Waals surface area contributed by atoms with Gasteiger partial charge in [0.1, 0.15) is 12.4 Å². The van der Waals surface area contributed by atoms with Gasteiger partial charge in [0.05, 0.1) is 31.7 Å². The second kappa shape index (κ2) is 13.4. The SMILES string of the molecule is CCOC(=O)C1=C(C(F)(F)F)N=c2s/c(=C\c3cc(Br)c(OCc4cccc5ccccc45)c(Br)c3)c(=O)n2[C@@H]1c1ccc(Cl)cc1. The van der Waals surface area contributed by atoms with Gasteiger partial charge in [0, 0.05) is 5.02 Å². The minimum absolute atomic E-state index is 0.109. The lowest BCUT2D eigenvalue weighted by atomic mass is 9.95. The topological polar surface area (TPSA) is 69.9 Å². The van der Waals surface area contributed by atoms with Crippen LogP contribution in [0.15, 0.2) is 109 Å². The molecule has 0 aliphatic carbocycles. The number of esters is 1. The molecule has 4 aromatic carbocycles. The molecule has 2 heterocycles. The van der Waals surface area contributed by atoms with E-state index in [1.165, 1.54) is 31.2 Å². The normalized spacial score (nSPS) is 15.0. The molecule has 6 nitrogen and oxygen atoms in total. The van der Waals surface area contributed by atoms with E-state index >= 15 is 0 Å². The van der Waals surface area contributed by atoms with Gasteiger partial charge in [-0.05, 0) is 96.6 Å². The van der Waals surface area contributed by atoms with Gasteiger partial charge in [0.15, 0.2) is 10.5 Å². The van der Waals surface area contributed by atoms with E-state index in [0.29, 0.717) is 31.9 Å². The maximum atomic E-state index is 14.4. The Kier molecular flexibility index (Phi) is 9.48. The van der Waals surface area contributed by atoms with Crippen LogP contribution < -0.4 is 19.6 Å². The van der Waals surface area contributed by atoms with E-state index in [1.54, 1.807) is 18.2 Å². The molecule has 0 fully saturated rings. The molecule has 0 radical (unpaired) electrons. The van der Waals surface area contributed by atoms with Crippen LogP contribution in [0, 0.1) is 0 Å². The van der Waals surface area contributed by atoms with Crippen LogP contribution in [0.2, 0.25) is 5.02 Å². The number of carbonyl (C=O) groups excluding carboxylic acids is 1. The number of halogens is 6. The first-order valence-corrected chi connectivity index (χ1v) is 16.9. The summed E-state index contributed by atoms with van der Waals surface area (Å²) in [6.45, 7) is 1.61. The van der Waals surface area contributed by atoms with Gasteiger partial charge in [0.25, 0.3) is 5.56 Å². The van der Waals surface area contributed by atoms with E-state index in [1.807, 2.05) is 42.5 Å². The lowest BCUT2D eigenvalue weighted by Crippen LogP contribution is -2.41. The van der Waals surface area contributed by atoms with Crippen LogP contribution in [0.5, 0.6) is 5.75 Å². The maximum absolute atomic E-state index is 14.4. The van der Waals surface area contributed by atoms with E-state index in [-0.39, 0.29) is 21.5 Å². The molecule has 0 bridgehead atoms. The van der Waals surface area contributed by atoms with Crippen molar-refractivity contribution in [1.29, 1.82) is 0 Å². The predicted octanol–water partition coefficient (Wildman–Crippen LogP) is 8.25. The Morgan fingerprint density at radius 2 is 1.72 bits per heavy atom. The summed E-state index contributed by atoms with van der Waals surface area (Å²) in [6.07, 6.45) is -3.45. The number of ether oxygens (including phenoxy) is 2. The maximum Gasteiger partial charge on any atom is 0.434 e. The Bertz CT molecular complexity index is 2220. The number of thiazole rings is 1. The van der Waals surface area contributed by atoms with Gasteiger partial charge in [-0.1, -0.05) is 77.5 Å². The molecule has 0 N–H and O–H groups in total. The van der Waals surface area contributed by atoms with Crippen molar-refractivity contribution in [3.8, 4) is 5.75 Å². The van der Waals surface area contributed by atoms with E-state index in [4.69, 9.17) is 21.1 Å². The molecular weight excluding hydrogens is 785 g/mol. The van der Waals surface area contributed by atoms with Crippen molar-refractivity contribution in [2.45, 2.75) is 25.7 Å². The molecule has 6 rings (SSSR count). The second-order valence-electron chi connectivity index (χ2n) is 10.4. The van der Waals surface area contributed by atoms with Crippen LogP contribution in [-0.4, -0.2) is 23.3 Å². The summed E-state index contributed by atoms with van der Waals surface area (Å²) >= 11 is 13.9. The molecule has 0 saturated carbocycles. The number of hydrogen-bond acceptors (Lipinski definition) is 6. The summed E-state index contributed by atoms with van der Waals surface area (Å²) in [5.41, 5.74) is -1.01. The number of nitrogens with zero attached hydrogens (tertiary/aromatic N) is 2. The number of rotatable bonds is 7. The molecule has 0 spiro atoms. The number of hydrogen-bond donors (Lipinski definition) is 0. The highest BCUT2D eigenvalue weighted by molar-refractivity contribution is 9.11. The molecule has 47 heavy (non-hydrogen) atoms. The fraction of sp³-hybridized carbons (Fsp3) is 0.147. The lowest BCUT2D eigenvalue weighted by Gasteiger charge is -2.26. The summed E-state index contributed by atoms with van der Waals surface area (Å²) in [5.74, 6) is -0.682. The molecule has 0 unspecified atom stereocenters. The molecule has 0 saturated heterocycles. The summed E-state index contributed by atoms with van der Waals surface area (Å²) < 4.78 is 56.7. The van der Waals surface area contributed by atoms with E-state index < -0.39 is 35.0 Å². The Balaban J connectivity index is 1.42. The Hall–Kier alpha value is -3.71. The number of benzene rings is 4. The average Bonchev–Trinajstić information content (AvgIpc) is 3.34. The first-order chi connectivity index (χ1) is 22.5. The van der Waals surface area contributed by atoms with Crippen LogP contribution in [0.25, 0.3) is 16.8 Å². The van der Waals surface area contributed by atoms with Gasteiger partial charge in [0.2, 0.25) is 0 Å². The number of alkyl halides is 3. The Labute approximate surface area is 291 Å². The summed E-state index contributed by atoms with van der Waals surface area (Å²) in [6, 6.07) is 21.9.